The molecule has 1 amide bonds. The van der Waals surface area contributed by atoms with Gasteiger partial charge in [-0.1, -0.05) is 55.5 Å². The van der Waals surface area contributed by atoms with Gasteiger partial charge in [-0.2, -0.15) is 0 Å². The van der Waals surface area contributed by atoms with Gasteiger partial charge in [0.1, 0.15) is 5.82 Å². The highest BCUT2D eigenvalue weighted by Crippen LogP contribution is 2.27. The molecule has 1 N–H and O–H groups in total. The van der Waals surface area contributed by atoms with E-state index in [9.17, 15) is 4.79 Å². The summed E-state index contributed by atoms with van der Waals surface area (Å²) in [4.78, 5) is 24.1. The van der Waals surface area contributed by atoms with E-state index in [1.807, 2.05) is 66.9 Å². The molecule has 4 aromatic rings. The minimum atomic E-state index is -0.0197. The van der Waals surface area contributed by atoms with Crippen molar-refractivity contribution >= 4 is 28.4 Å². The van der Waals surface area contributed by atoms with Crippen LogP contribution in [0.3, 0.4) is 0 Å². The van der Waals surface area contributed by atoms with Gasteiger partial charge in [0.05, 0.1) is 23.7 Å². The first kappa shape index (κ1) is 20.2. The zero-order chi connectivity index (χ0) is 21.9. The Bertz CT molecular complexity index is 1240. The van der Waals surface area contributed by atoms with Crippen LogP contribution < -0.4 is 10.2 Å². The molecule has 160 valence electrons. The quantitative estimate of drug-likeness (QED) is 0.473. The second-order valence-corrected chi connectivity index (χ2v) is 8.56. The molecule has 1 aliphatic rings. The molecule has 0 aliphatic carbocycles. The molecule has 0 spiro atoms. The van der Waals surface area contributed by atoms with Gasteiger partial charge in [0.15, 0.2) is 0 Å². The molecule has 5 nitrogen and oxygen atoms in total. The smallest absolute Gasteiger partial charge is 0.228 e. The number of nitrogens with one attached hydrogen (secondary N) is 1. The van der Waals surface area contributed by atoms with Crippen LogP contribution in [-0.2, 0) is 11.2 Å². The van der Waals surface area contributed by atoms with Crippen LogP contribution >= 0.6 is 0 Å². The van der Waals surface area contributed by atoms with Crippen LogP contribution in [0, 0.1) is 5.92 Å². The molecule has 1 unspecified atom stereocenters. The molecule has 5 heteroatoms. The zero-order valence-electron chi connectivity index (χ0n) is 18.2. The molecule has 1 saturated heterocycles. The Labute approximate surface area is 188 Å². The Hall–Kier alpha value is -3.73. The SMILES string of the molecule is CC1CCN(c2cnc3ccc(-c4ccc(NC(=O)Cc5ccccc5)cc4)cc3n2)C1. The molecular formula is C27H26N4O. The fourth-order valence-corrected chi connectivity index (χ4v) is 4.21. The Balaban J connectivity index is 1.31. The second-order valence-electron chi connectivity index (χ2n) is 8.56. The number of rotatable bonds is 5. The fraction of sp³-hybridized carbons (Fsp3) is 0.222. The number of carbonyl (C=O) groups is 1. The molecule has 1 aliphatic heterocycles. The van der Waals surface area contributed by atoms with Crippen LogP contribution in [-0.4, -0.2) is 29.0 Å². The zero-order valence-corrected chi connectivity index (χ0v) is 18.2. The molecule has 0 radical (unpaired) electrons. The van der Waals surface area contributed by atoms with Gasteiger partial charge in [-0.3, -0.25) is 9.78 Å². The van der Waals surface area contributed by atoms with Crippen molar-refractivity contribution in [1.82, 2.24) is 9.97 Å². The average molecular weight is 423 g/mol. The average Bonchev–Trinajstić information content (AvgIpc) is 3.26. The predicted octanol–water partition coefficient (Wildman–Crippen LogP) is 5.32. The van der Waals surface area contributed by atoms with E-state index in [4.69, 9.17) is 4.98 Å². The third-order valence-corrected chi connectivity index (χ3v) is 5.99. The third kappa shape index (κ3) is 4.47. The molecule has 32 heavy (non-hydrogen) atoms. The lowest BCUT2D eigenvalue weighted by Crippen LogP contribution is -2.20. The van der Waals surface area contributed by atoms with Crippen molar-refractivity contribution in [3.63, 3.8) is 0 Å². The highest BCUT2D eigenvalue weighted by atomic mass is 16.1. The Kier molecular flexibility index (Phi) is 5.55. The molecule has 1 aromatic heterocycles. The van der Waals surface area contributed by atoms with Crippen molar-refractivity contribution in [2.75, 3.05) is 23.3 Å². The van der Waals surface area contributed by atoms with Crippen LogP contribution in [0.4, 0.5) is 11.5 Å². The van der Waals surface area contributed by atoms with Crippen LogP contribution in [0.1, 0.15) is 18.9 Å². The second kappa shape index (κ2) is 8.79. The van der Waals surface area contributed by atoms with E-state index in [2.05, 4.69) is 34.3 Å². The third-order valence-electron chi connectivity index (χ3n) is 5.99. The minimum absolute atomic E-state index is 0.0197. The number of anilines is 2. The van der Waals surface area contributed by atoms with Gasteiger partial charge in [-0.15, -0.1) is 0 Å². The van der Waals surface area contributed by atoms with Gasteiger partial charge < -0.3 is 10.2 Å². The summed E-state index contributed by atoms with van der Waals surface area (Å²) in [5.74, 6) is 1.63. The summed E-state index contributed by atoms with van der Waals surface area (Å²) in [6.45, 7) is 4.36. The number of hydrogen-bond donors (Lipinski definition) is 1. The van der Waals surface area contributed by atoms with E-state index >= 15 is 0 Å². The normalized spacial score (nSPS) is 15.8. The van der Waals surface area contributed by atoms with E-state index < -0.39 is 0 Å². The standard InChI is InChI=1S/C27H26N4O/c1-19-13-14-31(18-19)26-17-28-24-12-9-22(16-25(24)30-26)21-7-10-23(11-8-21)29-27(32)15-20-5-3-2-4-6-20/h2-12,16-17,19H,13-15,18H2,1H3,(H,29,32). The maximum Gasteiger partial charge on any atom is 0.228 e. The van der Waals surface area contributed by atoms with Gasteiger partial charge in [-0.25, -0.2) is 4.98 Å². The maximum absolute atomic E-state index is 12.3. The molecule has 0 bridgehead atoms. The Morgan fingerprint density at radius 1 is 1.00 bits per heavy atom. The summed E-state index contributed by atoms with van der Waals surface area (Å²) in [6.07, 6.45) is 3.45. The van der Waals surface area contributed by atoms with Gasteiger partial charge >= 0.3 is 0 Å². The van der Waals surface area contributed by atoms with Crippen molar-refractivity contribution in [2.45, 2.75) is 19.8 Å². The minimum Gasteiger partial charge on any atom is -0.355 e. The number of amides is 1. The molecule has 1 fully saturated rings. The number of fused-ring (bicyclic) bond motifs is 1. The number of hydrogen-bond acceptors (Lipinski definition) is 4. The molecule has 1 atom stereocenters. The van der Waals surface area contributed by atoms with Crippen LogP contribution in [0.25, 0.3) is 22.2 Å². The lowest BCUT2D eigenvalue weighted by Gasteiger charge is -2.17. The van der Waals surface area contributed by atoms with Crippen molar-refractivity contribution in [3.8, 4) is 11.1 Å². The Morgan fingerprint density at radius 2 is 1.78 bits per heavy atom. The van der Waals surface area contributed by atoms with Gasteiger partial charge in [0.2, 0.25) is 5.91 Å². The first-order chi connectivity index (χ1) is 15.6. The van der Waals surface area contributed by atoms with E-state index in [0.29, 0.717) is 12.3 Å². The van der Waals surface area contributed by atoms with Crippen molar-refractivity contribution in [3.05, 3.63) is 84.6 Å². The van der Waals surface area contributed by atoms with E-state index in [-0.39, 0.29) is 5.91 Å². The topological polar surface area (TPSA) is 58.1 Å². The number of benzene rings is 3. The summed E-state index contributed by atoms with van der Waals surface area (Å²) < 4.78 is 0. The largest absolute Gasteiger partial charge is 0.355 e. The van der Waals surface area contributed by atoms with E-state index in [0.717, 1.165) is 52.3 Å². The van der Waals surface area contributed by atoms with Gasteiger partial charge in [-0.05, 0) is 53.3 Å². The number of aromatic nitrogens is 2. The first-order valence-corrected chi connectivity index (χ1v) is 11.1. The monoisotopic (exact) mass is 422 g/mol. The Morgan fingerprint density at radius 3 is 2.53 bits per heavy atom. The van der Waals surface area contributed by atoms with Crippen molar-refractivity contribution in [2.24, 2.45) is 5.92 Å². The number of nitrogens with zero attached hydrogens (tertiary/aromatic N) is 3. The highest BCUT2D eigenvalue weighted by Gasteiger charge is 2.20. The van der Waals surface area contributed by atoms with Crippen molar-refractivity contribution < 1.29 is 4.79 Å². The van der Waals surface area contributed by atoms with Crippen LogP contribution in [0.15, 0.2) is 79.0 Å². The highest BCUT2D eigenvalue weighted by molar-refractivity contribution is 5.92. The first-order valence-electron chi connectivity index (χ1n) is 11.1. The molecule has 0 saturated carbocycles. The fourth-order valence-electron chi connectivity index (χ4n) is 4.21. The van der Waals surface area contributed by atoms with Crippen molar-refractivity contribution in [1.29, 1.82) is 0 Å². The van der Waals surface area contributed by atoms with Crippen LogP contribution in [0.5, 0.6) is 0 Å². The molecule has 2 heterocycles. The van der Waals surface area contributed by atoms with E-state index in [1.54, 1.807) is 0 Å². The number of carbonyl (C=O) groups excluding carboxylic acids is 1. The predicted molar refractivity (Wildman–Crippen MR) is 130 cm³/mol. The molecule has 3 aromatic carbocycles. The molecular weight excluding hydrogens is 396 g/mol. The summed E-state index contributed by atoms with van der Waals surface area (Å²) in [5.41, 5.74) is 5.76. The summed E-state index contributed by atoms with van der Waals surface area (Å²) in [6, 6.07) is 23.9. The molecule has 5 rings (SSSR count). The maximum atomic E-state index is 12.3. The van der Waals surface area contributed by atoms with Gasteiger partial charge in [0, 0.05) is 18.8 Å². The lowest BCUT2D eigenvalue weighted by molar-refractivity contribution is -0.115. The summed E-state index contributed by atoms with van der Waals surface area (Å²) in [7, 11) is 0. The van der Waals surface area contributed by atoms with Crippen LogP contribution in [0.2, 0.25) is 0 Å². The summed E-state index contributed by atoms with van der Waals surface area (Å²) in [5, 5.41) is 2.97. The van der Waals surface area contributed by atoms with Gasteiger partial charge in [0.25, 0.3) is 0 Å². The summed E-state index contributed by atoms with van der Waals surface area (Å²) >= 11 is 0. The lowest BCUT2D eigenvalue weighted by atomic mass is 10.0. The van der Waals surface area contributed by atoms with E-state index in [1.165, 1.54) is 6.42 Å².